The summed E-state index contributed by atoms with van der Waals surface area (Å²) in [6, 6.07) is 9.96. The number of carbonyl (C=O) groups is 1. The third-order valence-corrected chi connectivity index (χ3v) is 4.66. The second-order valence-electron chi connectivity index (χ2n) is 6.47. The average Bonchev–Trinajstić information content (AvgIpc) is 2.75. The van der Waals surface area contributed by atoms with Crippen molar-refractivity contribution in [2.75, 3.05) is 27.4 Å². The Bertz CT molecular complexity index is 920. The molecule has 7 nitrogen and oxygen atoms in total. The molecule has 0 fully saturated rings. The topological polar surface area (TPSA) is 69.6 Å². The third kappa shape index (κ3) is 5.16. The van der Waals surface area contributed by atoms with Crippen LogP contribution >= 0.6 is 0 Å². The molecular weight excluding hydrogens is 398 g/mol. The van der Waals surface area contributed by atoms with Gasteiger partial charge >= 0.3 is 6.61 Å². The predicted molar refractivity (Wildman–Crippen MR) is 105 cm³/mol. The summed E-state index contributed by atoms with van der Waals surface area (Å²) in [5.41, 5.74) is 2.40. The molecule has 1 amide bonds. The van der Waals surface area contributed by atoms with Gasteiger partial charge in [-0.3, -0.25) is 4.79 Å². The van der Waals surface area contributed by atoms with E-state index in [1.54, 1.807) is 37.3 Å². The van der Waals surface area contributed by atoms with Crippen LogP contribution in [0.3, 0.4) is 0 Å². The van der Waals surface area contributed by atoms with Gasteiger partial charge in [-0.2, -0.15) is 8.78 Å². The van der Waals surface area contributed by atoms with E-state index in [0.717, 1.165) is 11.1 Å². The fraction of sp³-hybridized carbons (Fsp3) is 0.333. The normalized spacial score (nSPS) is 13.3. The fourth-order valence-electron chi connectivity index (χ4n) is 3.16. The lowest BCUT2D eigenvalue weighted by Crippen LogP contribution is -2.38. The minimum absolute atomic E-state index is 0.0248. The van der Waals surface area contributed by atoms with Crippen LogP contribution < -0.4 is 14.2 Å². The van der Waals surface area contributed by atoms with Gasteiger partial charge in [0.25, 0.3) is 5.91 Å². The van der Waals surface area contributed by atoms with Gasteiger partial charge in [-0.25, -0.2) is 0 Å². The van der Waals surface area contributed by atoms with Crippen LogP contribution in [0, 0.1) is 0 Å². The number of methoxy groups -OCH3 is 2. The minimum Gasteiger partial charge on any atom is -0.493 e. The zero-order chi connectivity index (χ0) is 21.5. The van der Waals surface area contributed by atoms with E-state index in [1.165, 1.54) is 12.3 Å². The number of halogens is 2. The Balaban J connectivity index is 1.57. The summed E-state index contributed by atoms with van der Waals surface area (Å²) < 4.78 is 39.9. The molecule has 0 atom stereocenters. The Labute approximate surface area is 172 Å². The van der Waals surface area contributed by atoms with Gasteiger partial charge < -0.3 is 23.9 Å². The molecule has 1 aliphatic rings. The lowest BCUT2D eigenvalue weighted by Gasteiger charge is -2.29. The standard InChI is InChI=1S/C21H22F2N2O5/c1-27-18-9-14-7-8-25(12-16(14)10-19(18)28-2)20(26)13-29-24-11-15-5-3-4-6-17(15)30-21(22)23/h3-6,9-11,21H,7-8,12-13H2,1-2H3/b24-11+. The van der Waals surface area contributed by atoms with Crippen molar-refractivity contribution in [2.45, 2.75) is 19.6 Å². The fourth-order valence-corrected chi connectivity index (χ4v) is 3.16. The van der Waals surface area contributed by atoms with E-state index in [2.05, 4.69) is 9.89 Å². The van der Waals surface area contributed by atoms with E-state index < -0.39 is 6.61 Å². The summed E-state index contributed by atoms with van der Waals surface area (Å²) in [5.74, 6) is 1.01. The Morgan fingerprint density at radius 2 is 1.83 bits per heavy atom. The lowest BCUT2D eigenvalue weighted by atomic mass is 9.99. The molecule has 1 heterocycles. The van der Waals surface area contributed by atoms with Crippen molar-refractivity contribution in [2.24, 2.45) is 5.16 Å². The maximum absolute atomic E-state index is 12.5. The molecule has 0 unspecified atom stereocenters. The number of ether oxygens (including phenoxy) is 3. The number of para-hydroxylation sites is 1. The maximum Gasteiger partial charge on any atom is 0.387 e. The number of hydrogen-bond acceptors (Lipinski definition) is 6. The van der Waals surface area contributed by atoms with Crippen LogP contribution in [-0.4, -0.2) is 51.0 Å². The first kappa shape index (κ1) is 21.4. The van der Waals surface area contributed by atoms with Crippen LogP contribution in [0.2, 0.25) is 0 Å². The highest BCUT2D eigenvalue weighted by Crippen LogP contribution is 2.33. The quantitative estimate of drug-likeness (QED) is 0.485. The highest BCUT2D eigenvalue weighted by atomic mass is 19.3. The molecule has 0 aromatic heterocycles. The van der Waals surface area contributed by atoms with Crippen LogP contribution in [0.25, 0.3) is 0 Å². The lowest BCUT2D eigenvalue weighted by molar-refractivity contribution is -0.137. The maximum atomic E-state index is 12.5. The number of rotatable bonds is 8. The van der Waals surface area contributed by atoms with Crippen LogP contribution in [0.4, 0.5) is 8.78 Å². The minimum atomic E-state index is -2.94. The highest BCUT2D eigenvalue weighted by Gasteiger charge is 2.23. The smallest absolute Gasteiger partial charge is 0.387 e. The summed E-state index contributed by atoms with van der Waals surface area (Å²) in [4.78, 5) is 19.2. The Hall–Kier alpha value is -3.36. The molecule has 0 saturated heterocycles. The Morgan fingerprint density at radius 3 is 2.53 bits per heavy atom. The van der Waals surface area contributed by atoms with E-state index in [-0.39, 0.29) is 18.3 Å². The monoisotopic (exact) mass is 420 g/mol. The predicted octanol–water partition coefficient (Wildman–Crippen LogP) is 3.24. The molecule has 2 aromatic carbocycles. The SMILES string of the molecule is COc1cc2c(cc1OC)CN(C(=O)CO/N=C/c1ccccc1OC(F)F)CC2. The Kier molecular flexibility index (Phi) is 7.05. The molecule has 3 rings (SSSR count). The molecule has 1 aliphatic heterocycles. The van der Waals surface area contributed by atoms with Crippen molar-refractivity contribution in [3.8, 4) is 17.2 Å². The largest absolute Gasteiger partial charge is 0.493 e. The average molecular weight is 420 g/mol. The highest BCUT2D eigenvalue weighted by molar-refractivity contribution is 5.83. The van der Waals surface area contributed by atoms with Crippen molar-refractivity contribution < 1.29 is 32.6 Å². The van der Waals surface area contributed by atoms with Crippen molar-refractivity contribution in [1.82, 2.24) is 4.90 Å². The first-order chi connectivity index (χ1) is 14.5. The van der Waals surface area contributed by atoms with Crippen molar-refractivity contribution in [3.05, 3.63) is 53.1 Å². The number of amides is 1. The van der Waals surface area contributed by atoms with E-state index in [1.807, 2.05) is 12.1 Å². The van der Waals surface area contributed by atoms with Gasteiger partial charge in [0.15, 0.2) is 18.1 Å². The molecule has 2 aromatic rings. The van der Waals surface area contributed by atoms with Crippen LogP contribution in [0.15, 0.2) is 41.6 Å². The molecule has 0 spiro atoms. The molecule has 9 heteroatoms. The van der Waals surface area contributed by atoms with Gasteiger partial charge in [-0.05, 0) is 41.8 Å². The van der Waals surface area contributed by atoms with E-state index >= 15 is 0 Å². The second kappa shape index (κ2) is 9.91. The summed E-state index contributed by atoms with van der Waals surface area (Å²) in [6.45, 7) is -2.24. The van der Waals surface area contributed by atoms with E-state index in [0.29, 0.717) is 36.6 Å². The number of oxime groups is 1. The van der Waals surface area contributed by atoms with Gasteiger partial charge in [0.05, 0.1) is 20.4 Å². The van der Waals surface area contributed by atoms with E-state index in [4.69, 9.17) is 14.3 Å². The molecule has 0 N–H and O–H groups in total. The molecule has 0 bridgehead atoms. The van der Waals surface area contributed by atoms with Gasteiger partial charge in [-0.1, -0.05) is 17.3 Å². The van der Waals surface area contributed by atoms with Crippen molar-refractivity contribution in [1.29, 1.82) is 0 Å². The van der Waals surface area contributed by atoms with Crippen molar-refractivity contribution >= 4 is 12.1 Å². The number of hydrogen-bond donors (Lipinski definition) is 0. The number of nitrogens with zero attached hydrogens (tertiary/aromatic N) is 2. The van der Waals surface area contributed by atoms with Crippen LogP contribution in [0.5, 0.6) is 17.2 Å². The third-order valence-electron chi connectivity index (χ3n) is 4.66. The number of carbonyl (C=O) groups excluding carboxylic acids is 1. The number of alkyl halides is 2. The summed E-state index contributed by atoms with van der Waals surface area (Å²) in [7, 11) is 3.14. The van der Waals surface area contributed by atoms with Gasteiger partial charge in [0, 0.05) is 18.7 Å². The van der Waals surface area contributed by atoms with Crippen LogP contribution in [0.1, 0.15) is 16.7 Å². The molecule has 0 aliphatic carbocycles. The number of benzene rings is 2. The molecule has 0 saturated carbocycles. The summed E-state index contributed by atoms with van der Waals surface area (Å²) in [5, 5.41) is 3.70. The zero-order valence-corrected chi connectivity index (χ0v) is 16.6. The molecule has 160 valence electrons. The molecule has 30 heavy (non-hydrogen) atoms. The summed E-state index contributed by atoms with van der Waals surface area (Å²) >= 11 is 0. The molecular formula is C21H22F2N2O5. The van der Waals surface area contributed by atoms with Crippen molar-refractivity contribution in [3.63, 3.8) is 0 Å². The second-order valence-corrected chi connectivity index (χ2v) is 6.47. The van der Waals surface area contributed by atoms with Gasteiger partial charge in [0.2, 0.25) is 0 Å². The van der Waals surface area contributed by atoms with Gasteiger partial charge in [-0.15, -0.1) is 0 Å². The van der Waals surface area contributed by atoms with Gasteiger partial charge in [0.1, 0.15) is 5.75 Å². The number of fused-ring (bicyclic) bond motifs is 1. The molecule has 0 radical (unpaired) electrons. The first-order valence-corrected chi connectivity index (χ1v) is 9.22. The summed E-state index contributed by atoms with van der Waals surface area (Å²) in [6.07, 6.45) is 1.91. The first-order valence-electron chi connectivity index (χ1n) is 9.22. The Morgan fingerprint density at radius 1 is 1.13 bits per heavy atom. The van der Waals surface area contributed by atoms with Crippen LogP contribution in [-0.2, 0) is 22.6 Å². The van der Waals surface area contributed by atoms with E-state index in [9.17, 15) is 13.6 Å². The zero-order valence-electron chi connectivity index (χ0n) is 16.6.